The van der Waals surface area contributed by atoms with Crippen molar-refractivity contribution in [2.24, 2.45) is 5.73 Å². The first-order valence-electron chi connectivity index (χ1n) is 6.71. The third kappa shape index (κ3) is 2.10. The maximum atomic E-state index is 5.66. The van der Waals surface area contributed by atoms with Crippen LogP contribution in [0.3, 0.4) is 0 Å². The lowest BCUT2D eigenvalue weighted by Crippen LogP contribution is -2.41. The van der Waals surface area contributed by atoms with Gasteiger partial charge in [0.1, 0.15) is 5.00 Å². The Hall–Kier alpha value is -1.13. The molecule has 1 fully saturated rings. The molecule has 3 nitrogen and oxygen atoms in total. The molecule has 0 aliphatic heterocycles. The third-order valence-corrected chi connectivity index (χ3v) is 4.66. The van der Waals surface area contributed by atoms with Crippen molar-refractivity contribution in [1.29, 1.82) is 0 Å². The van der Waals surface area contributed by atoms with E-state index in [0.717, 1.165) is 25.0 Å². The number of benzene rings is 1. The van der Waals surface area contributed by atoms with Gasteiger partial charge in [-0.15, -0.1) is 0 Å². The summed E-state index contributed by atoms with van der Waals surface area (Å²) in [5, 5.41) is 2.63. The molecule has 2 aromatic rings. The minimum atomic E-state index is 0.709. The molecule has 0 amide bonds. The first-order valence-corrected chi connectivity index (χ1v) is 7.48. The molecule has 0 bridgehead atoms. The highest BCUT2D eigenvalue weighted by atomic mass is 32.1. The molecular formula is C14H19N3S. The fourth-order valence-electron chi connectivity index (χ4n) is 2.49. The van der Waals surface area contributed by atoms with Crippen LogP contribution in [0.15, 0.2) is 24.3 Å². The molecule has 18 heavy (non-hydrogen) atoms. The van der Waals surface area contributed by atoms with E-state index in [-0.39, 0.29) is 0 Å². The average Bonchev–Trinajstić information content (AvgIpc) is 2.76. The second-order valence-electron chi connectivity index (χ2n) is 4.93. The van der Waals surface area contributed by atoms with Crippen LogP contribution in [-0.4, -0.2) is 23.5 Å². The molecule has 0 unspecified atom stereocenters. The number of nitrogens with two attached hydrogens (primary N) is 1. The van der Waals surface area contributed by atoms with Crippen LogP contribution in [0.1, 0.15) is 25.7 Å². The van der Waals surface area contributed by atoms with Crippen molar-refractivity contribution in [2.45, 2.75) is 31.7 Å². The van der Waals surface area contributed by atoms with Gasteiger partial charge in [0.25, 0.3) is 0 Å². The van der Waals surface area contributed by atoms with E-state index >= 15 is 0 Å². The van der Waals surface area contributed by atoms with Crippen LogP contribution in [0.2, 0.25) is 0 Å². The van der Waals surface area contributed by atoms with Crippen LogP contribution in [0.25, 0.3) is 10.9 Å². The summed E-state index contributed by atoms with van der Waals surface area (Å²) in [6.07, 6.45) is 5.05. The number of fused-ring (bicyclic) bond motifs is 1. The third-order valence-electron chi connectivity index (χ3n) is 3.74. The highest BCUT2D eigenvalue weighted by Gasteiger charge is 2.27. The molecule has 0 atom stereocenters. The average molecular weight is 261 g/mol. The van der Waals surface area contributed by atoms with Gasteiger partial charge in [-0.05, 0) is 55.9 Å². The summed E-state index contributed by atoms with van der Waals surface area (Å²) in [5.74, 6) is 0. The van der Waals surface area contributed by atoms with Crippen LogP contribution in [0, 0.1) is 0 Å². The van der Waals surface area contributed by atoms with Crippen molar-refractivity contribution in [3.05, 3.63) is 24.3 Å². The Bertz CT molecular complexity index is 518. The van der Waals surface area contributed by atoms with Gasteiger partial charge in [0, 0.05) is 18.0 Å². The van der Waals surface area contributed by atoms with Gasteiger partial charge < -0.3 is 10.6 Å². The number of hydrogen-bond donors (Lipinski definition) is 1. The summed E-state index contributed by atoms with van der Waals surface area (Å²) in [6, 6.07) is 9.14. The van der Waals surface area contributed by atoms with Gasteiger partial charge >= 0.3 is 0 Å². The van der Waals surface area contributed by atoms with Crippen molar-refractivity contribution >= 4 is 27.4 Å². The smallest absolute Gasteiger partial charge is 0.120 e. The summed E-state index contributed by atoms with van der Waals surface area (Å²) in [7, 11) is 0. The maximum Gasteiger partial charge on any atom is 0.120 e. The van der Waals surface area contributed by atoms with E-state index in [2.05, 4.69) is 33.5 Å². The van der Waals surface area contributed by atoms with E-state index in [0.29, 0.717) is 6.04 Å². The molecule has 1 heterocycles. The second kappa shape index (κ2) is 5.24. The Labute approximate surface area is 112 Å². The Balaban J connectivity index is 1.92. The second-order valence-corrected chi connectivity index (χ2v) is 5.68. The summed E-state index contributed by atoms with van der Waals surface area (Å²) in [5.41, 5.74) is 6.78. The molecule has 1 saturated carbocycles. The highest BCUT2D eigenvalue weighted by Crippen LogP contribution is 2.37. The number of nitrogens with zero attached hydrogens (tertiary/aromatic N) is 2. The topological polar surface area (TPSA) is 42.1 Å². The van der Waals surface area contributed by atoms with Crippen molar-refractivity contribution in [3.8, 4) is 0 Å². The van der Waals surface area contributed by atoms with Gasteiger partial charge in [-0.2, -0.15) is 4.37 Å². The number of anilines is 1. The largest absolute Gasteiger partial charge is 0.359 e. The van der Waals surface area contributed by atoms with Gasteiger partial charge in [0.15, 0.2) is 0 Å². The zero-order valence-electron chi connectivity index (χ0n) is 10.5. The molecule has 0 radical (unpaired) electrons. The van der Waals surface area contributed by atoms with Crippen molar-refractivity contribution < 1.29 is 0 Å². The normalized spacial score (nSPS) is 15.8. The predicted octanol–water partition coefficient (Wildman–Crippen LogP) is 3.00. The Morgan fingerprint density at radius 2 is 2.17 bits per heavy atom. The first-order chi connectivity index (χ1) is 8.90. The van der Waals surface area contributed by atoms with Crippen molar-refractivity contribution in [2.75, 3.05) is 18.0 Å². The number of rotatable bonds is 5. The lowest BCUT2D eigenvalue weighted by Gasteiger charge is -2.38. The molecule has 2 N–H and O–H groups in total. The molecular weight excluding hydrogens is 242 g/mol. The molecule has 1 aromatic carbocycles. The molecule has 96 valence electrons. The monoisotopic (exact) mass is 261 g/mol. The minimum Gasteiger partial charge on any atom is -0.359 e. The van der Waals surface area contributed by atoms with Gasteiger partial charge in [-0.25, -0.2) is 0 Å². The van der Waals surface area contributed by atoms with E-state index in [1.165, 1.54) is 29.6 Å². The summed E-state index contributed by atoms with van der Waals surface area (Å²) in [4.78, 5) is 2.54. The molecule has 1 aliphatic rings. The quantitative estimate of drug-likeness (QED) is 0.899. The summed E-state index contributed by atoms with van der Waals surface area (Å²) >= 11 is 1.63. The minimum absolute atomic E-state index is 0.709. The number of hydrogen-bond acceptors (Lipinski definition) is 4. The molecule has 3 rings (SSSR count). The van der Waals surface area contributed by atoms with Gasteiger partial charge in [0.05, 0.1) is 5.52 Å². The fraction of sp³-hybridized carbons (Fsp3) is 0.500. The van der Waals surface area contributed by atoms with Crippen LogP contribution in [0.4, 0.5) is 5.00 Å². The molecule has 4 heteroatoms. The standard InChI is InChI=1S/C14H19N3S/c15-9-4-10-17(11-5-3-6-11)14-12-7-1-2-8-13(12)16-18-14/h1-2,7-8,11H,3-6,9-10,15H2. The number of aromatic nitrogens is 1. The van der Waals surface area contributed by atoms with E-state index in [4.69, 9.17) is 5.73 Å². The van der Waals surface area contributed by atoms with Gasteiger partial charge in [-0.1, -0.05) is 12.1 Å². The van der Waals surface area contributed by atoms with Gasteiger partial charge in [-0.3, -0.25) is 0 Å². The Kier molecular flexibility index (Phi) is 3.48. The van der Waals surface area contributed by atoms with Crippen LogP contribution in [-0.2, 0) is 0 Å². The molecule has 1 aliphatic carbocycles. The van der Waals surface area contributed by atoms with Crippen molar-refractivity contribution in [3.63, 3.8) is 0 Å². The van der Waals surface area contributed by atoms with Crippen molar-refractivity contribution in [1.82, 2.24) is 4.37 Å². The molecule has 1 aromatic heterocycles. The zero-order valence-corrected chi connectivity index (χ0v) is 11.3. The van der Waals surface area contributed by atoms with E-state index in [9.17, 15) is 0 Å². The Morgan fingerprint density at radius 3 is 2.89 bits per heavy atom. The molecule has 0 spiro atoms. The van der Waals surface area contributed by atoms with Crippen LogP contribution in [0.5, 0.6) is 0 Å². The SMILES string of the molecule is NCCCN(c1snc2ccccc12)C1CCC1. The lowest BCUT2D eigenvalue weighted by atomic mass is 9.91. The Morgan fingerprint density at radius 1 is 1.33 bits per heavy atom. The van der Waals surface area contributed by atoms with E-state index < -0.39 is 0 Å². The zero-order chi connectivity index (χ0) is 12.4. The van der Waals surface area contributed by atoms with Gasteiger partial charge in [0.2, 0.25) is 0 Å². The van der Waals surface area contributed by atoms with E-state index in [1.54, 1.807) is 11.5 Å². The summed E-state index contributed by atoms with van der Waals surface area (Å²) in [6.45, 7) is 1.83. The van der Waals surface area contributed by atoms with Crippen LogP contribution >= 0.6 is 11.5 Å². The maximum absolute atomic E-state index is 5.66. The fourth-order valence-corrected chi connectivity index (χ4v) is 3.45. The highest BCUT2D eigenvalue weighted by molar-refractivity contribution is 7.11. The lowest BCUT2D eigenvalue weighted by molar-refractivity contribution is 0.387. The predicted molar refractivity (Wildman–Crippen MR) is 78.3 cm³/mol. The molecule has 0 saturated heterocycles. The first kappa shape index (κ1) is 11.9. The van der Waals surface area contributed by atoms with Crippen LogP contribution < -0.4 is 10.6 Å². The van der Waals surface area contributed by atoms with E-state index in [1.807, 2.05) is 0 Å². The summed E-state index contributed by atoms with van der Waals surface area (Å²) < 4.78 is 4.56.